The van der Waals surface area contributed by atoms with Gasteiger partial charge in [0.05, 0.1) is 28.4 Å². The van der Waals surface area contributed by atoms with Crippen LogP contribution in [0.4, 0.5) is 10.1 Å². The molecule has 0 unspecified atom stereocenters. The number of pyridine rings is 1. The fraction of sp³-hybridized carbons (Fsp3) is 0.345. The minimum atomic E-state index is -1.24. The Morgan fingerprint density at radius 3 is 2.47 bits per heavy atom. The summed E-state index contributed by atoms with van der Waals surface area (Å²) in [5.41, 5.74) is 3.70. The molecule has 9 heteroatoms. The Morgan fingerprint density at radius 1 is 1.24 bits per heavy atom. The smallest absolute Gasteiger partial charge is 0.335 e. The van der Waals surface area contributed by atoms with Crippen molar-refractivity contribution in [1.29, 1.82) is 5.26 Å². The van der Waals surface area contributed by atoms with E-state index in [9.17, 15) is 15.2 Å². The predicted molar refractivity (Wildman–Crippen MR) is 150 cm³/mol. The summed E-state index contributed by atoms with van der Waals surface area (Å²) in [6.07, 6.45) is 2.24. The number of halogens is 3. The summed E-state index contributed by atoms with van der Waals surface area (Å²) < 4.78 is 16.4. The third kappa shape index (κ3) is 5.15. The highest BCUT2D eigenvalue weighted by atomic mass is 79.9. The highest BCUT2D eigenvalue weighted by Crippen LogP contribution is 2.55. The molecule has 0 amide bonds. The molecule has 6 nitrogen and oxygen atoms in total. The molecule has 1 aliphatic heterocycles. The van der Waals surface area contributed by atoms with Gasteiger partial charge < -0.3 is 10.5 Å². The van der Waals surface area contributed by atoms with E-state index < -0.39 is 29.2 Å². The fourth-order valence-electron chi connectivity index (χ4n) is 5.52. The lowest BCUT2D eigenvalue weighted by atomic mass is 9.64. The van der Waals surface area contributed by atoms with E-state index in [4.69, 9.17) is 11.6 Å². The largest absolute Gasteiger partial charge is 0.478 e. The topological polar surface area (TPSA) is 89.3 Å². The molecule has 2 heterocycles. The highest BCUT2D eigenvalue weighted by Gasteiger charge is 2.62. The number of rotatable bonds is 6. The zero-order valence-corrected chi connectivity index (χ0v) is 23.9. The summed E-state index contributed by atoms with van der Waals surface area (Å²) >= 11 is 9.67. The van der Waals surface area contributed by atoms with Crippen molar-refractivity contribution < 1.29 is 14.3 Å². The number of anilines is 1. The molecule has 0 aliphatic carbocycles. The summed E-state index contributed by atoms with van der Waals surface area (Å²) in [5.74, 6) is -2.19. The SMILES string of the molecule is C[C@@H]1[C@H](c2cccc(Cl)c2F)[C@@](C#N)(c2ccc(Br)cn2)[C@H](CC(C)(C)C)N1Nc1ccc(C(=O)O)cc1. The number of hydrogen-bond donors (Lipinski definition) is 2. The van der Waals surface area contributed by atoms with Gasteiger partial charge in [-0.05, 0) is 82.7 Å². The van der Waals surface area contributed by atoms with Gasteiger partial charge in [-0.2, -0.15) is 5.26 Å². The van der Waals surface area contributed by atoms with Crippen LogP contribution in [0, 0.1) is 22.6 Å². The van der Waals surface area contributed by atoms with E-state index in [-0.39, 0.29) is 22.0 Å². The number of hydrogen-bond acceptors (Lipinski definition) is 5. The van der Waals surface area contributed by atoms with Gasteiger partial charge in [0.2, 0.25) is 0 Å². The number of aromatic carboxylic acids is 1. The molecule has 4 atom stereocenters. The average Bonchev–Trinajstić information content (AvgIpc) is 3.08. The van der Waals surface area contributed by atoms with Gasteiger partial charge in [-0.15, -0.1) is 0 Å². The Balaban J connectivity index is 1.95. The van der Waals surface area contributed by atoms with Crippen LogP contribution in [0.2, 0.25) is 5.02 Å². The van der Waals surface area contributed by atoms with Gasteiger partial charge in [0.1, 0.15) is 11.2 Å². The van der Waals surface area contributed by atoms with Gasteiger partial charge in [-0.25, -0.2) is 14.2 Å². The molecule has 0 spiro atoms. The van der Waals surface area contributed by atoms with Crippen molar-refractivity contribution >= 4 is 39.2 Å². The molecule has 2 aromatic carbocycles. The lowest BCUT2D eigenvalue weighted by Gasteiger charge is -2.39. The zero-order chi connectivity index (χ0) is 27.8. The lowest BCUT2D eigenvalue weighted by molar-refractivity contribution is 0.0697. The molecule has 0 radical (unpaired) electrons. The maximum Gasteiger partial charge on any atom is 0.335 e. The number of aromatic nitrogens is 1. The summed E-state index contributed by atoms with van der Waals surface area (Å²) in [5, 5.41) is 22.3. The monoisotopic (exact) mass is 598 g/mol. The third-order valence-corrected chi connectivity index (χ3v) is 7.88. The second-order valence-corrected chi connectivity index (χ2v) is 12.2. The van der Waals surface area contributed by atoms with Crippen LogP contribution in [0.5, 0.6) is 0 Å². The van der Waals surface area contributed by atoms with Gasteiger partial charge in [0, 0.05) is 28.3 Å². The van der Waals surface area contributed by atoms with Crippen LogP contribution in [0.15, 0.2) is 65.3 Å². The first kappa shape index (κ1) is 28.0. The molecule has 3 aromatic rings. The maximum atomic E-state index is 15.7. The molecule has 2 N–H and O–H groups in total. The second-order valence-electron chi connectivity index (χ2n) is 10.9. The maximum absolute atomic E-state index is 15.7. The number of hydrazine groups is 1. The summed E-state index contributed by atoms with van der Waals surface area (Å²) in [7, 11) is 0. The average molecular weight is 600 g/mol. The van der Waals surface area contributed by atoms with Crippen molar-refractivity contribution in [3.8, 4) is 6.07 Å². The van der Waals surface area contributed by atoms with Crippen molar-refractivity contribution in [3.63, 3.8) is 0 Å². The number of carboxylic acids is 1. The number of nitrogens with zero attached hydrogens (tertiary/aromatic N) is 3. The van der Waals surface area contributed by atoms with E-state index in [1.807, 2.05) is 24.1 Å². The standard InChI is InChI=1S/C29H29BrClFN4O2/c1-17-25(21-6-5-7-22(31)26(21)32)29(16-33,23-13-10-19(30)15-34-23)24(14-28(2,3)4)36(17)35-20-11-8-18(9-12-20)27(37)38/h5-13,15,17,24-25,35H,14H2,1-4H3,(H,37,38)/t17-,24+,25-,29+/m1/s1. The quantitative estimate of drug-likeness (QED) is 0.307. The van der Waals surface area contributed by atoms with Crippen LogP contribution in [0.25, 0.3) is 0 Å². The number of carbonyl (C=O) groups is 1. The number of benzene rings is 2. The number of nitriles is 1. The molecule has 38 heavy (non-hydrogen) atoms. The minimum absolute atomic E-state index is 0.00616. The Bertz CT molecular complexity index is 1370. The number of nitrogens with one attached hydrogen (secondary N) is 1. The second kappa shape index (κ2) is 10.6. The molecule has 198 valence electrons. The summed E-state index contributed by atoms with van der Waals surface area (Å²) in [6, 6.07) is 16.7. The first-order valence-corrected chi connectivity index (χ1v) is 13.4. The molecular formula is C29H29BrClFN4O2. The Hall–Kier alpha value is -2.99. The van der Waals surface area contributed by atoms with Gasteiger partial charge in [-0.3, -0.25) is 4.98 Å². The van der Waals surface area contributed by atoms with Crippen molar-refractivity contribution in [2.24, 2.45) is 5.41 Å². The molecule has 1 aliphatic rings. The van der Waals surface area contributed by atoms with Gasteiger partial charge in [-0.1, -0.05) is 44.5 Å². The molecule has 1 saturated heterocycles. The van der Waals surface area contributed by atoms with E-state index in [1.165, 1.54) is 18.2 Å². The number of carboxylic acid groups (broad SMARTS) is 1. The van der Waals surface area contributed by atoms with E-state index >= 15 is 4.39 Å². The van der Waals surface area contributed by atoms with Crippen molar-refractivity contribution in [2.75, 3.05) is 5.43 Å². The minimum Gasteiger partial charge on any atom is -0.478 e. The Kier molecular flexibility index (Phi) is 7.85. The Morgan fingerprint density at radius 2 is 1.92 bits per heavy atom. The van der Waals surface area contributed by atoms with E-state index in [2.05, 4.69) is 53.2 Å². The summed E-state index contributed by atoms with van der Waals surface area (Å²) in [6.45, 7) is 8.25. The van der Waals surface area contributed by atoms with Crippen LogP contribution in [0.1, 0.15) is 61.6 Å². The van der Waals surface area contributed by atoms with Crippen molar-refractivity contribution in [2.45, 2.75) is 57.5 Å². The van der Waals surface area contributed by atoms with E-state index in [0.29, 0.717) is 23.4 Å². The van der Waals surface area contributed by atoms with Crippen molar-refractivity contribution in [1.82, 2.24) is 9.99 Å². The van der Waals surface area contributed by atoms with Crippen LogP contribution >= 0.6 is 27.5 Å². The molecule has 1 aromatic heterocycles. The zero-order valence-electron chi connectivity index (χ0n) is 21.5. The fourth-order valence-corrected chi connectivity index (χ4v) is 5.94. The van der Waals surface area contributed by atoms with Gasteiger partial charge in [0.15, 0.2) is 0 Å². The molecule has 0 saturated carbocycles. The van der Waals surface area contributed by atoms with Gasteiger partial charge in [0.25, 0.3) is 0 Å². The highest BCUT2D eigenvalue weighted by molar-refractivity contribution is 9.10. The lowest BCUT2D eigenvalue weighted by Crippen LogP contribution is -2.48. The van der Waals surface area contributed by atoms with E-state index in [1.54, 1.807) is 30.5 Å². The Labute approximate surface area is 235 Å². The predicted octanol–water partition coefficient (Wildman–Crippen LogP) is 7.42. The summed E-state index contributed by atoms with van der Waals surface area (Å²) in [4.78, 5) is 16.0. The molecule has 0 bridgehead atoms. The van der Waals surface area contributed by atoms with Gasteiger partial charge >= 0.3 is 5.97 Å². The van der Waals surface area contributed by atoms with Crippen LogP contribution in [-0.2, 0) is 5.41 Å². The molecule has 1 fully saturated rings. The molecular weight excluding hydrogens is 571 g/mol. The first-order valence-electron chi connectivity index (χ1n) is 12.2. The van der Waals surface area contributed by atoms with Crippen LogP contribution in [0.3, 0.4) is 0 Å². The van der Waals surface area contributed by atoms with Crippen LogP contribution in [-0.4, -0.2) is 33.2 Å². The molecule has 4 rings (SSSR count). The van der Waals surface area contributed by atoms with E-state index in [0.717, 1.165) is 4.47 Å². The first-order chi connectivity index (χ1) is 17.9. The van der Waals surface area contributed by atoms with Crippen LogP contribution < -0.4 is 5.43 Å². The van der Waals surface area contributed by atoms with Crippen molar-refractivity contribution in [3.05, 3.63) is 92.9 Å². The normalized spacial score (nSPS) is 23.7. The third-order valence-electron chi connectivity index (χ3n) is 7.12.